The van der Waals surface area contributed by atoms with Crippen LogP contribution in [0.25, 0.3) is 11.1 Å². The van der Waals surface area contributed by atoms with E-state index in [1.807, 2.05) is 0 Å². The Balaban J connectivity index is 1.72. The van der Waals surface area contributed by atoms with Crippen LogP contribution in [0.4, 0.5) is 0 Å². The second-order valence-corrected chi connectivity index (χ2v) is 18.0. The summed E-state index contributed by atoms with van der Waals surface area (Å²) in [6, 6.07) is 40.6. The fourth-order valence-electron chi connectivity index (χ4n) is 5.34. The molecule has 32 heavy (non-hydrogen) atoms. The molecule has 0 fully saturated rings. The minimum absolute atomic E-state index is 0.514. The van der Waals surface area contributed by atoms with Crippen molar-refractivity contribution in [2.75, 3.05) is 0 Å². The molecule has 2 aliphatic rings. The fourth-order valence-corrected chi connectivity index (χ4v) is 19.1. The van der Waals surface area contributed by atoms with Gasteiger partial charge in [0.25, 0.3) is 0 Å². The molecular weight excluding hydrogens is 551 g/mol. The molecule has 0 atom stereocenters. The second-order valence-electron chi connectivity index (χ2n) is 8.47. The monoisotopic (exact) mass is 576 g/mol. The van der Waals surface area contributed by atoms with Gasteiger partial charge in [-0.25, -0.2) is 0 Å². The Bertz CT molecular complexity index is 1260. The molecule has 152 valence electrons. The molecule has 1 heteroatoms. The number of rotatable bonds is 4. The van der Waals surface area contributed by atoms with Gasteiger partial charge >= 0.3 is 198 Å². The van der Waals surface area contributed by atoms with Crippen LogP contribution in [0.5, 0.6) is 0 Å². The molecular formula is C31H24Hf. The maximum absolute atomic E-state index is 2.67. The van der Waals surface area contributed by atoms with E-state index in [2.05, 4.69) is 133 Å². The van der Waals surface area contributed by atoms with E-state index in [-0.39, 0.29) is 0 Å². The molecule has 0 spiro atoms. The SMILES string of the molecule is C1=C[CH]([Hf](=[C](c2ccccc2)c2ccccc2)[CH]2c3ccccc3-c3ccccc32)C=C1. The van der Waals surface area contributed by atoms with E-state index < -0.39 is 21.0 Å². The zero-order chi connectivity index (χ0) is 21.3. The summed E-state index contributed by atoms with van der Waals surface area (Å²) in [6.07, 6.45) is 9.46. The third-order valence-corrected chi connectivity index (χ3v) is 19.2. The van der Waals surface area contributed by atoms with Crippen molar-refractivity contribution in [3.8, 4) is 11.1 Å². The Morgan fingerprint density at radius 3 is 1.44 bits per heavy atom. The summed E-state index contributed by atoms with van der Waals surface area (Å²) in [5, 5.41) is 0. The quantitative estimate of drug-likeness (QED) is 0.221. The van der Waals surface area contributed by atoms with Crippen LogP contribution in [0.15, 0.2) is 133 Å². The third-order valence-electron chi connectivity index (χ3n) is 6.67. The molecule has 0 unspecified atom stereocenters. The molecule has 0 bridgehead atoms. The van der Waals surface area contributed by atoms with Crippen molar-refractivity contribution in [3.05, 3.63) is 156 Å². The first-order valence-electron chi connectivity index (χ1n) is 11.3. The molecule has 0 aliphatic heterocycles. The Morgan fingerprint density at radius 2 is 0.938 bits per heavy atom. The molecule has 4 aromatic rings. The standard InChI is InChI=1S/C13H9.C13H10.C5H5.Hf/c1-3-7-12-10(5-1)9-11-6-2-4-8-13(11)12;1-3-7-12(8-4-1)11-13-9-5-2-6-10-13;1-2-4-5-3-1;/h1-9H;1-10H;1-5H;. The van der Waals surface area contributed by atoms with E-state index in [0.717, 1.165) is 0 Å². The van der Waals surface area contributed by atoms with Crippen LogP contribution < -0.4 is 0 Å². The van der Waals surface area contributed by atoms with Gasteiger partial charge in [-0.15, -0.1) is 0 Å². The zero-order valence-corrected chi connectivity index (χ0v) is 21.4. The van der Waals surface area contributed by atoms with Gasteiger partial charge in [0, 0.05) is 0 Å². The summed E-state index contributed by atoms with van der Waals surface area (Å²) in [4.78, 5) is 0. The van der Waals surface area contributed by atoms with Crippen molar-refractivity contribution < 1.29 is 21.0 Å². The molecule has 0 heterocycles. The Kier molecular flexibility index (Phi) is 5.29. The molecule has 0 saturated carbocycles. The summed E-state index contributed by atoms with van der Waals surface area (Å²) in [5.41, 5.74) is 8.74. The van der Waals surface area contributed by atoms with E-state index in [1.54, 1.807) is 3.26 Å². The van der Waals surface area contributed by atoms with Gasteiger partial charge in [-0.3, -0.25) is 0 Å². The maximum atomic E-state index is 2.47. The van der Waals surface area contributed by atoms with Crippen LogP contribution in [0.1, 0.15) is 25.9 Å². The summed E-state index contributed by atoms with van der Waals surface area (Å²) in [5.74, 6) is 0. The molecule has 4 aromatic carbocycles. The molecule has 2 aliphatic carbocycles. The van der Waals surface area contributed by atoms with Gasteiger partial charge in [0.15, 0.2) is 0 Å². The second kappa shape index (κ2) is 8.56. The number of benzene rings is 4. The number of fused-ring (bicyclic) bond motifs is 3. The first-order chi connectivity index (χ1) is 15.9. The molecule has 6 rings (SSSR count). The van der Waals surface area contributed by atoms with Crippen LogP contribution in [0, 0.1) is 0 Å². The molecule has 0 N–H and O–H groups in total. The number of hydrogen-bond donors (Lipinski definition) is 0. The van der Waals surface area contributed by atoms with Crippen molar-refractivity contribution in [1.82, 2.24) is 0 Å². The van der Waals surface area contributed by atoms with E-state index in [0.29, 0.717) is 7.35 Å². The van der Waals surface area contributed by atoms with Gasteiger partial charge in [-0.05, 0) is 0 Å². The van der Waals surface area contributed by atoms with Crippen molar-refractivity contribution in [3.63, 3.8) is 0 Å². The van der Waals surface area contributed by atoms with Crippen molar-refractivity contribution in [2.45, 2.75) is 7.35 Å². The molecule has 0 amide bonds. The fraction of sp³-hybridized carbons (Fsp3) is 0.0645. The molecule has 0 aromatic heterocycles. The third kappa shape index (κ3) is 3.36. The first-order valence-corrected chi connectivity index (χ1v) is 17.2. The summed E-state index contributed by atoms with van der Waals surface area (Å²) in [6.45, 7) is 0. The van der Waals surface area contributed by atoms with Crippen LogP contribution in [0.3, 0.4) is 0 Å². The van der Waals surface area contributed by atoms with E-state index in [9.17, 15) is 0 Å². The number of allylic oxidation sites excluding steroid dienone is 4. The summed E-state index contributed by atoms with van der Waals surface area (Å²) >= 11 is -2.67. The van der Waals surface area contributed by atoms with Crippen molar-refractivity contribution in [1.29, 1.82) is 0 Å². The van der Waals surface area contributed by atoms with Gasteiger partial charge in [-0.1, -0.05) is 0 Å². The first kappa shape index (κ1) is 19.8. The minimum atomic E-state index is -2.67. The van der Waals surface area contributed by atoms with E-state index in [4.69, 9.17) is 0 Å². The zero-order valence-electron chi connectivity index (χ0n) is 17.9. The Hall–Kier alpha value is -2.90. The van der Waals surface area contributed by atoms with Gasteiger partial charge in [-0.2, -0.15) is 0 Å². The van der Waals surface area contributed by atoms with E-state index in [1.165, 1.54) is 33.4 Å². The van der Waals surface area contributed by atoms with Crippen molar-refractivity contribution >= 4 is 3.26 Å². The van der Waals surface area contributed by atoms with Gasteiger partial charge in [0.2, 0.25) is 0 Å². The van der Waals surface area contributed by atoms with Gasteiger partial charge in [0.05, 0.1) is 0 Å². The van der Waals surface area contributed by atoms with Crippen LogP contribution in [-0.2, 0) is 21.0 Å². The summed E-state index contributed by atoms with van der Waals surface area (Å²) in [7, 11) is 0. The van der Waals surface area contributed by atoms with E-state index >= 15 is 0 Å². The predicted octanol–water partition coefficient (Wildman–Crippen LogP) is 7.56. The number of hydrogen-bond acceptors (Lipinski definition) is 0. The summed E-state index contributed by atoms with van der Waals surface area (Å²) < 4.78 is 2.70. The van der Waals surface area contributed by atoms with Crippen LogP contribution in [-0.4, -0.2) is 3.26 Å². The van der Waals surface area contributed by atoms with Crippen LogP contribution >= 0.6 is 0 Å². The average Bonchev–Trinajstić information content (AvgIpc) is 3.51. The van der Waals surface area contributed by atoms with Crippen molar-refractivity contribution in [2.24, 2.45) is 0 Å². The topological polar surface area (TPSA) is 0 Å². The average molecular weight is 575 g/mol. The molecule has 0 nitrogen and oxygen atoms in total. The molecule has 0 radical (unpaired) electrons. The Morgan fingerprint density at radius 1 is 0.500 bits per heavy atom. The molecule has 0 saturated heterocycles. The normalized spacial score (nSPS) is 14.4. The van der Waals surface area contributed by atoms with Crippen LogP contribution in [0.2, 0.25) is 3.67 Å². The van der Waals surface area contributed by atoms with Gasteiger partial charge in [0.1, 0.15) is 0 Å². The Labute approximate surface area is 197 Å². The van der Waals surface area contributed by atoms with Gasteiger partial charge < -0.3 is 0 Å². The predicted molar refractivity (Wildman–Crippen MR) is 132 cm³/mol.